The van der Waals surface area contributed by atoms with Crippen molar-refractivity contribution in [3.63, 3.8) is 0 Å². The van der Waals surface area contributed by atoms with Crippen molar-refractivity contribution >= 4 is 0 Å². The van der Waals surface area contributed by atoms with Gasteiger partial charge in [-0.2, -0.15) is 0 Å². The first-order valence-electron chi connectivity index (χ1n) is 4.25. The molecule has 1 fully saturated rings. The van der Waals surface area contributed by atoms with E-state index in [4.69, 9.17) is 9.78 Å². The third-order valence-corrected chi connectivity index (χ3v) is 2.04. The first-order chi connectivity index (χ1) is 5.86. The van der Waals surface area contributed by atoms with Crippen LogP contribution >= 0.6 is 0 Å². The van der Waals surface area contributed by atoms with E-state index in [9.17, 15) is 0 Å². The summed E-state index contributed by atoms with van der Waals surface area (Å²) in [4.78, 5) is 19.3. The van der Waals surface area contributed by atoms with Crippen LogP contribution in [0.15, 0.2) is 0 Å². The van der Waals surface area contributed by atoms with Gasteiger partial charge >= 0.3 is 0 Å². The van der Waals surface area contributed by atoms with Gasteiger partial charge in [-0.05, 0) is 19.3 Å². The maximum atomic E-state index is 5.02. The van der Waals surface area contributed by atoms with Gasteiger partial charge in [-0.25, -0.2) is 19.6 Å². The highest BCUT2D eigenvalue weighted by molar-refractivity contribution is 4.71. The third kappa shape index (κ3) is 3.06. The number of hydrogen-bond acceptors (Lipinski definition) is 4. The summed E-state index contributed by atoms with van der Waals surface area (Å²) in [6.45, 7) is 0. The molecule has 4 nitrogen and oxygen atoms in total. The molecule has 0 amide bonds. The van der Waals surface area contributed by atoms with Crippen molar-refractivity contribution in [2.75, 3.05) is 14.2 Å². The molecule has 1 rings (SSSR count). The zero-order valence-corrected chi connectivity index (χ0v) is 7.62. The summed E-state index contributed by atoms with van der Waals surface area (Å²) < 4.78 is 0. The summed E-state index contributed by atoms with van der Waals surface area (Å²) in [5.74, 6) is 0. The van der Waals surface area contributed by atoms with Crippen molar-refractivity contribution in [3.05, 3.63) is 0 Å². The van der Waals surface area contributed by atoms with Crippen LogP contribution < -0.4 is 0 Å². The van der Waals surface area contributed by atoms with Crippen molar-refractivity contribution in [1.82, 2.24) is 0 Å². The van der Waals surface area contributed by atoms with Gasteiger partial charge in [0.2, 0.25) is 0 Å². The van der Waals surface area contributed by atoms with Gasteiger partial charge in [0.15, 0.2) is 0 Å². The summed E-state index contributed by atoms with van der Waals surface area (Å²) in [6.07, 6.45) is 4.34. The minimum absolute atomic E-state index is 0.156. The lowest BCUT2D eigenvalue weighted by Crippen LogP contribution is -2.27. The topological polar surface area (TPSA) is 36.9 Å². The van der Waals surface area contributed by atoms with Crippen LogP contribution in [0.4, 0.5) is 0 Å². The lowest BCUT2D eigenvalue weighted by molar-refractivity contribution is -0.343. The van der Waals surface area contributed by atoms with Crippen LogP contribution in [-0.2, 0) is 19.6 Å². The Balaban J connectivity index is 2.20. The van der Waals surface area contributed by atoms with Gasteiger partial charge < -0.3 is 0 Å². The Morgan fingerprint density at radius 1 is 0.917 bits per heavy atom. The molecule has 0 spiro atoms. The molecule has 1 saturated carbocycles. The molecule has 0 aromatic rings. The molecule has 12 heavy (non-hydrogen) atoms. The minimum atomic E-state index is 0.156. The Hall–Kier alpha value is -0.160. The maximum absolute atomic E-state index is 5.02. The Labute approximate surface area is 72.6 Å². The standard InChI is InChI=1S/C8H16O4/c1-9-11-7-4-3-5-8(6-7)12-10-2/h7-8H,3-6H2,1-2H3. The van der Waals surface area contributed by atoms with Gasteiger partial charge in [0.25, 0.3) is 0 Å². The zero-order valence-electron chi connectivity index (χ0n) is 7.62. The third-order valence-electron chi connectivity index (χ3n) is 2.04. The highest BCUT2D eigenvalue weighted by Crippen LogP contribution is 2.23. The average molecular weight is 176 g/mol. The fourth-order valence-corrected chi connectivity index (χ4v) is 1.55. The second-order valence-electron chi connectivity index (χ2n) is 2.94. The van der Waals surface area contributed by atoms with E-state index in [2.05, 4.69) is 9.78 Å². The second kappa shape index (κ2) is 5.48. The summed E-state index contributed by atoms with van der Waals surface area (Å²) >= 11 is 0. The van der Waals surface area contributed by atoms with E-state index in [1.807, 2.05) is 0 Å². The molecule has 0 aromatic heterocycles. The Morgan fingerprint density at radius 3 is 1.83 bits per heavy atom. The van der Waals surface area contributed by atoms with Crippen LogP contribution in [0.25, 0.3) is 0 Å². The largest absolute Gasteiger partial charge is 0.240 e. The summed E-state index contributed by atoms with van der Waals surface area (Å²) in [6, 6.07) is 0. The number of hydrogen-bond donors (Lipinski definition) is 0. The van der Waals surface area contributed by atoms with Crippen molar-refractivity contribution in [2.24, 2.45) is 0 Å². The van der Waals surface area contributed by atoms with E-state index >= 15 is 0 Å². The molecule has 1 aliphatic rings. The van der Waals surface area contributed by atoms with Gasteiger partial charge in [-0.1, -0.05) is 0 Å². The maximum Gasteiger partial charge on any atom is 0.0955 e. The molecule has 4 heteroatoms. The smallest absolute Gasteiger partial charge is 0.0955 e. The summed E-state index contributed by atoms with van der Waals surface area (Å²) in [5, 5.41) is 0. The quantitative estimate of drug-likeness (QED) is 0.480. The molecule has 0 bridgehead atoms. The number of rotatable bonds is 4. The predicted molar refractivity (Wildman–Crippen MR) is 42.2 cm³/mol. The summed E-state index contributed by atoms with van der Waals surface area (Å²) in [7, 11) is 3.06. The molecule has 0 aromatic carbocycles. The molecule has 1 aliphatic carbocycles. The second-order valence-corrected chi connectivity index (χ2v) is 2.94. The van der Waals surface area contributed by atoms with Crippen molar-refractivity contribution in [1.29, 1.82) is 0 Å². The molecule has 0 saturated heterocycles. The Kier molecular flexibility index (Phi) is 4.53. The van der Waals surface area contributed by atoms with Gasteiger partial charge in [0.1, 0.15) is 0 Å². The van der Waals surface area contributed by atoms with Gasteiger partial charge in [-0.15, -0.1) is 0 Å². The van der Waals surface area contributed by atoms with E-state index < -0.39 is 0 Å². The monoisotopic (exact) mass is 176 g/mol. The van der Waals surface area contributed by atoms with Crippen molar-refractivity contribution in [2.45, 2.75) is 37.9 Å². The Bertz CT molecular complexity index is 102. The van der Waals surface area contributed by atoms with Gasteiger partial charge in [0.05, 0.1) is 26.4 Å². The first kappa shape index (κ1) is 9.92. The average Bonchev–Trinajstić information content (AvgIpc) is 2.06. The Morgan fingerprint density at radius 2 is 1.42 bits per heavy atom. The fraction of sp³-hybridized carbons (Fsp3) is 1.00. The molecule has 2 unspecified atom stereocenters. The molecular formula is C8H16O4. The molecule has 72 valence electrons. The summed E-state index contributed by atoms with van der Waals surface area (Å²) in [5.41, 5.74) is 0. The molecule has 0 radical (unpaired) electrons. The SMILES string of the molecule is COOC1CCCC(OOC)C1. The molecule has 2 atom stereocenters. The van der Waals surface area contributed by atoms with E-state index in [0.29, 0.717) is 0 Å². The highest BCUT2D eigenvalue weighted by atomic mass is 17.2. The van der Waals surface area contributed by atoms with Crippen LogP contribution in [-0.4, -0.2) is 26.4 Å². The van der Waals surface area contributed by atoms with Crippen molar-refractivity contribution < 1.29 is 19.6 Å². The first-order valence-corrected chi connectivity index (χ1v) is 4.25. The van der Waals surface area contributed by atoms with Gasteiger partial charge in [0, 0.05) is 6.42 Å². The van der Waals surface area contributed by atoms with E-state index in [1.54, 1.807) is 0 Å². The van der Waals surface area contributed by atoms with Crippen LogP contribution in [0.2, 0.25) is 0 Å². The molecular weight excluding hydrogens is 160 g/mol. The molecule has 0 N–H and O–H groups in total. The van der Waals surface area contributed by atoms with Crippen LogP contribution in [0, 0.1) is 0 Å². The fourth-order valence-electron chi connectivity index (χ4n) is 1.55. The van der Waals surface area contributed by atoms with E-state index in [0.717, 1.165) is 25.7 Å². The predicted octanol–water partition coefficient (Wildman–Crippen LogP) is 1.45. The van der Waals surface area contributed by atoms with E-state index in [-0.39, 0.29) is 12.2 Å². The molecule has 0 aliphatic heterocycles. The minimum Gasteiger partial charge on any atom is -0.240 e. The highest BCUT2D eigenvalue weighted by Gasteiger charge is 2.24. The van der Waals surface area contributed by atoms with E-state index in [1.165, 1.54) is 14.2 Å². The van der Waals surface area contributed by atoms with Crippen LogP contribution in [0.3, 0.4) is 0 Å². The zero-order chi connectivity index (χ0) is 8.81. The lowest BCUT2D eigenvalue weighted by Gasteiger charge is -2.26. The molecule has 0 heterocycles. The van der Waals surface area contributed by atoms with Gasteiger partial charge in [-0.3, -0.25) is 0 Å². The normalized spacial score (nSPS) is 30.5. The van der Waals surface area contributed by atoms with Crippen LogP contribution in [0.1, 0.15) is 25.7 Å². The lowest BCUT2D eigenvalue weighted by atomic mass is 9.95. The van der Waals surface area contributed by atoms with Crippen LogP contribution in [0.5, 0.6) is 0 Å². The van der Waals surface area contributed by atoms with Crippen molar-refractivity contribution in [3.8, 4) is 0 Å².